The molecule has 0 amide bonds. The molecule has 0 aliphatic carbocycles. The Balaban J connectivity index is 1.82. The molecular weight excluding hydrogens is 437 g/mol. The number of rotatable bonds is 9. The summed E-state index contributed by atoms with van der Waals surface area (Å²) in [5.41, 5.74) is 1.43. The normalized spacial score (nSPS) is 12.7. The van der Waals surface area contributed by atoms with E-state index in [1.54, 1.807) is 26.0 Å². The zero-order valence-corrected chi connectivity index (χ0v) is 19.0. The molecule has 2 atom stereocenters. The second kappa shape index (κ2) is 12.0. The minimum atomic E-state index is -4.71. The van der Waals surface area contributed by atoms with Crippen molar-refractivity contribution in [3.8, 4) is 29.1 Å². The van der Waals surface area contributed by atoms with Gasteiger partial charge < -0.3 is 18.9 Å². The summed E-state index contributed by atoms with van der Waals surface area (Å²) < 4.78 is 56.9. The van der Waals surface area contributed by atoms with Gasteiger partial charge in [-0.3, -0.25) is 0 Å². The van der Waals surface area contributed by atoms with Crippen molar-refractivity contribution in [3.05, 3.63) is 53.6 Å². The van der Waals surface area contributed by atoms with Crippen molar-refractivity contribution in [1.29, 1.82) is 0 Å². The summed E-state index contributed by atoms with van der Waals surface area (Å²) in [4.78, 5) is 11.7. The van der Waals surface area contributed by atoms with Crippen molar-refractivity contribution >= 4 is 5.97 Å². The average molecular weight is 464 g/mol. The monoisotopic (exact) mass is 464 g/mol. The maximum Gasteiger partial charge on any atom is 0.573 e. The Morgan fingerprint density at radius 1 is 1.03 bits per heavy atom. The van der Waals surface area contributed by atoms with Gasteiger partial charge >= 0.3 is 12.3 Å². The lowest BCUT2D eigenvalue weighted by Gasteiger charge is -2.17. The summed E-state index contributed by atoms with van der Waals surface area (Å²) in [5.74, 6) is 6.45. The Labute approximate surface area is 191 Å². The van der Waals surface area contributed by atoms with Crippen molar-refractivity contribution in [1.82, 2.24) is 0 Å². The van der Waals surface area contributed by atoms with Crippen LogP contribution in [0.15, 0.2) is 42.5 Å². The maximum atomic E-state index is 12.2. The van der Waals surface area contributed by atoms with Gasteiger partial charge in [0, 0.05) is 12.0 Å². The first-order valence-corrected chi connectivity index (χ1v) is 10.5. The van der Waals surface area contributed by atoms with Gasteiger partial charge in [-0.1, -0.05) is 11.8 Å². The molecule has 0 aliphatic rings. The lowest BCUT2D eigenvalue weighted by atomic mass is 10.1. The summed E-state index contributed by atoms with van der Waals surface area (Å²) >= 11 is 0. The van der Waals surface area contributed by atoms with E-state index in [-0.39, 0.29) is 11.9 Å². The van der Waals surface area contributed by atoms with E-state index < -0.39 is 18.4 Å². The lowest BCUT2D eigenvalue weighted by molar-refractivity contribution is -0.274. The topological polar surface area (TPSA) is 54.0 Å². The van der Waals surface area contributed by atoms with Crippen LogP contribution in [0.3, 0.4) is 0 Å². The standard InChI is InChI=1S/C25H27F3O5/c1-5-30-24(29)19(4)32-23-15-14-22(16-17(23)2)31-18(3)8-6-7-9-20-10-12-21(13-11-20)33-25(26,27)28/h10-16,18-19H,5-6,8H2,1-4H3. The molecule has 2 aromatic rings. The van der Waals surface area contributed by atoms with Crippen LogP contribution in [0.1, 0.15) is 44.7 Å². The minimum Gasteiger partial charge on any atom is -0.491 e. The molecule has 0 aromatic heterocycles. The molecule has 33 heavy (non-hydrogen) atoms. The highest BCUT2D eigenvalue weighted by Gasteiger charge is 2.30. The highest BCUT2D eigenvalue weighted by Crippen LogP contribution is 2.26. The molecule has 0 heterocycles. The van der Waals surface area contributed by atoms with Crippen LogP contribution < -0.4 is 14.2 Å². The molecule has 2 rings (SSSR count). The molecule has 178 valence electrons. The largest absolute Gasteiger partial charge is 0.573 e. The molecule has 0 spiro atoms. The number of esters is 1. The molecule has 0 aliphatic heterocycles. The molecular formula is C25H27F3O5. The van der Waals surface area contributed by atoms with E-state index in [0.29, 0.717) is 36.5 Å². The Bertz CT molecular complexity index is 974. The summed E-state index contributed by atoms with van der Waals surface area (Å²) in [7, 11) is 0. The third-order valence-corrected chi connectivity index (χ3v) is 4.40. The predicted octanol–water partition coefficient (Wildman–Crippen LogP) is 5.82. The van der Waals surface area contributed by atoms with Crippen LogP contribution in [-0.4, -0.2) is 31.1 Å². The van der Waals surface area contributed by atoms with Gasteiger partial charge in [-0.15, -0.1) is 13.2 Å². The summed E-state index contributed by atoms with van der Waals surface area (Å²) in [6, 6.07) is 10.8. The predicted molar refractivity (Wildman–Crippen MR) is 117 cm³/mol. The third-order valence-electron chi connectivity index (χ3n) is 4.40. The van der Waals surface area contributed by atoms with Crippen LogP contribution in [0.25, 0.3) is 0 Å². The first-order chi connectivity index (χ1) is 15.6. The first kappa shape index (κ1) is 25.9. The second-order valence-electron chi connectivity index (χ2n) is 7.28. The molecule has 8 heteroatoms. The van der Waals surface area contributed by atoms with E-state index in [0.717, 1.165) is 5.56 Å². The summed E-state index contributed by atoms with van der Waals surface area (Å²) in [5, 5.41) is 0. The highest BCUT2D eigenvalue weighted by molar-refractivity contribution is 5.74. The first-order valence-electron chi connectivity index (χ1n) is 10.5. The zero-order valence-electron chi connectivity index (χ0n) is 19.0. The molecule has 2 aromatic carbocycles. The smallest absolute Gasteiger partial charge is 0.491 e. The van der Waals surface area contributed by atoms with E-state index >= 15 is 0 Å². The second-order valence-corrected chi connectivity index (χ2v) is 7.28. The van der Waals surface area contributed by atoms with Crippen LogP contribution in [0.4, 0.5) is 13.2 Å². The van der Waals surface area contributed by atoms with Gasteiger partial charge in [0.15, 0.2) is 6.10 Å². The van der Waals surface area contributed by atoms with Gasteiger partial charge in [0.05, 0.1) is 12.7 Å². The van der Waals surface area contributed by atoms with E-state index in [4.69, 9.17) is 14.2 Å². The Morgan fingerprint density at radius 2 is 1.70 bits per heavy atom. The molecule has 0 radical (unpaired) electrons. The van der Waals surface area contributed by atoms with Gasteiger partial charge in [0.25, 0.3) is 0 Å². The third kappa shape index (κ3) is 9.36. The van der Waals surface area contributed by atoms with Gasteiger partial charge in [-0.2, -0.15) is 0 Å². The molecule has 2 unspecified atom stereocenters. The number of hydrogen-bond acceptors (Lipinski definition) is 5. The Kier molecular flexibility index (Phi) is 9.46. The van der Waals surface area contributed by atoms with E-state index in [9.17, 15) is 18.0 Å². The van der Waals surface area contributed by atoms with Crippen molar-refractivity contribution in [2.75, 3.05) is 6.61 Å². The molecule has 0 N–H and O–H groups in total. The number of aryl methyl sites for hydroxylation is 1. The van der Waals surface area contributed by atoms with Gasteiger partial charge in [-0.05, 0) is 82.1 Å². The number of ether oxygens (including phenoxy) is 4. The van der Waals surface area contributed by atoms with Crippen LogP contribution in [-0.2, 0) is 9.53 Å². The lowest BCUT2D eigenvalue weighted by Crippen LogP contribution is -2.26. The van der Waals surface area contributed by atoms with E-state index in [2.05, 4.69) is 16.6 Å². The minimum absolute atomic E-state index is 0.105. The number of benzene rings is 2. The summed E-state index contributed by atoms with van der Waals surface area (Å²) in [6.07, 6.45) is -4.30. The van der Waals surface area contributed by atoms with Crippen molar-refractivity contribution in [2.24, 2.45) is 0 Å². The van der Waals surface area contributed by atoms with Crippen LogP contribution in [0.2, 0.25) is 0 Å². The fourth-order valence-corrected chi connectivity index (χ4v) is 2.80. The van der Waals surface area contributed by atoms with Crippen LogP contribution in [0.5, 0.6) is 17.2 Å². The molecule has 0 saturated heterocycles. The maximum absolute atomic E-state index is 12.2. The molecule has 0 fully saturated rings. The zero-order chi connectivity index (χ0) is 24.4. The van der Waals surface area contributed by atoms with Crippen molar-refractivity contribution in [2.45, 2.75) is 59.1 Å². The number of alkyl halides is 3. The number of hydrogen-bond donors (Lipinski definition) is 0. The van der Waals surface area contributed by atoms with Crippen molar-refractivity contribution < 1.29 is 36.9 Å². The molecule has 5 nitrogen and oxygen atoms in total. The Morgan fingerprint density at radius 3 is 2.30 bits per heavy atom. The SMILES string of the molecule is CCOC(=O)C(C)Oc1ccc(OC(C)CCC#Cc2ccc(OC(F)(F)F)cc2)cc1C. The molecule has 0 bridgehead atoms. The van der Waals surface area contributed by atoms with Crippen molar-refractivity contribution in [3.63, 3.8) is 0 Å². The van der Waals surface area contributed by atoms with Crippen LogP contribution >= 0.6 is 0 Å². The van der Waals surface area contributed by atoms with Gasteiger partial charge in [0.2, 0.25) is 0 Å². The van der Waals surface area contributed by atoms with Gasteiger partial charge in [0.1, 0.15) is 17.2 Å². The number of carbonyl (C=O) groups excluding carboxylic acids is 1. The average Bonchev–Trinajstić information content (AvgIpc) is 2.73. The highest BCUT2D eigenvalue weighted by atomic mass is 19.4. The van der Waals surface area contributed by atoms with Gasteiger partial charge in [-0.25, -0.2) is 4.79 Å². The molecule has 0 saturated carbocycles. The fraction of sp³-hybridized carbons (Fsp3) is 0.400. The summed E-state index contributed by atoms with van der Waals surface area (Å²) in [6.45, 7) is 7.46. The number of carbonyl (C=O) groups is 1. The van der Waals surface area contributed by atoms with E-state index in [1.165, 1.54) is 24.3 Å². The quantitative estimate of drug-likeness (QED) is 0.346. The fourth-order valence-electron chi connectivity index (χ4n) is 2.80. The number of halogens is 3. The van der Waals surface area contributed by atoms with Crippen LogP contribution in [0, 0.1) is 18.8 Å². The Hall–Kier alpha value is -3.34. The van der Waals surface area contributed by atoms with E-state index in [1.807, 2.05) is 19.9 Å².